The summed E-state index contributed by atoms with van der Waals surface area (Å²) in [5, 5.41) is 0. The summed E-state index contributed by atoms with van der Waals surface area (Å²) in [6.45, 7) is 1.70. The van der Waals surface area contributed by atoms with Gasteiger partial charge in [0.05, 0.1) is 0 Å². The summed E-state index contributed by atoms with van der Waals surface area (Å²) in [4.78, 5) is 0. The SMILES string of the molecule is CC(I)CC(F)C(F)F. The fraction of sp³-hybridized carbons (Fsp3) is 1.00. The topological polar surface area (TPSA) is 0 Å². The first-order valence-electron chi connectivity index (χ1n) is 2.60. The number of hydrogen-bond acceptors (Lipinski definition) is 0. The quantitative estimate of drug-likeness (QED) is 0.535. The van der Waals surface area contributed by atoms with E-state index in [0.717, 1.165) is 0 Å². The smallest absolute Gasteiger partial charge is 0.241 e. The molecule has 4 heteroatoms. The molecule has 0 amide bonds. The Balaban J connectivity index is 3.38. The molecule has 0 bridgehead atoms. The third-order valence-electron chi connectivity index (χ3n) is 0.823. The van der Waals surface area contributed by atoms with E-state index in [1.165, 1.54) is 0 Å². The summed E-state index contributed by atoms with van der Waals surface area (Å²) in [7, 11) is 0. The molecule has 0 saturated carbocycles. The van der Waals surface area contributed by atoms with Crippen molar-refractivity contribution in [2.45, 2.75) is 29.9 Å². The molecule has 0 aliphatic carbocycles. The molecule has 0 aromatic rings. The fourth-order valence-corrected chi connectivity index (χ4v) is 0.899. The molecule has 56 valence electrons. The summed E-state index contributed by atoms with van der Waals surface area (Å²) in [5.41, 5.74) is 0. The van der Waals surface area contributed by atoms with Crippen LogP contribution in [0.4, 0.5) is 13.2 Å². The Morgan fingerprint density at radius 1 is 1.33 bits per heavy atom. The van der Waals surface area contributed by atoms with Gasteiger partial charge in [0.15, 0.2) is 6.17 Å². The van der Waals surface area contributed by atoms with E-state index in [0.29, 0.717) is 0 Å². The van der Waals surface area contributed by atoms with Crippen LogP contribution in [0.1, 0.15) is 13.3 Å². The first kappa shape index (κ1) is 9.52. The second-order valence-electron chi connectivity index (χ2n) is 1.87. The summed E-state index contributed by atoms with van der Waals surface area (Å²) >= 11 is 1.92. The van der Waals surface area contributed by atoms with E-state index in [2.05, 4.69) is 0 Å². The maximum Gasteiger partial charge on any atom is 0.269 e. The van der Waals surface area contributed by atoms with Crippen LogP contribution in [0.2, 0.25) is 0 Å². The highest BCUT2D eigenvalue weighted by Crippen LogP contribution is 2.15. The Kier molecular flexibility index (Phi) is 4.61. The molecular weight excluding hydrogens is 244 g/mol. The molecule has 2 atom stereocenters. The van der Waals surface area contributed by atoms with Crippen molar-refractivity contribution in [1.82, 2.24) is 0 Å². The van der Waals surface area contributed by atoms with Crippen molar-refractivity contribution in [3.63, 3.8) is 0 Å². The van der Waals surface area contributed by atoms with Crippen LogP contribution in [0.5, 0.6) is 0 Å². The van der Waals surface area contributed by atoms with Gasteiger partial charge in [-0.05, 0) is 6.42 Å². The summed E-state index contributed by atoms with van der Waals surface area (Å²) in [5.74, 6) is 0. The Morgan fingerprint density at radius 3 is 1.89 bits per heavy atom. The van der Waals surface area contributed by atoms with Crippen LogP contribution in [0.25, 0.3) is 0 Å². The molecule has 0 aromatic heterocycles. The standard InChI is InChI=1S/C5H8F3I/c1-3(9)2-4(6)5(7)8/h3-5H,2H2,1H3. The van der Waals surface area contributed by atoms with Gasteiger partial charge in [0, 0.05) is 3.92 Å². The molecule has 0 rings (SSSR count). The van der Waals surface area contributed by atoms with Gasteiger partial charge >= 0.3 is 0 Å². The molecule has 0 aliphatic heterocycles. The second-order valence-corrected chi connectivity index (χ2v) is 3.99. The highest BCUT2D eigenvalue weighted by Gasteiger charge is 2.20. The van der Waals surface area contributed by atoms with E-state index in [-0.39, 0.29) is 10.3 Å². The van der Waals surface area contributed by atoms with Crippen molar-refractivity contribution in [2.24, 2.45) is 0 Å². The van der Waals surface area contributed by atoms with Crippen LogP contribution >= 0.6 is 22.6 Å². The van der Waals surface area contributed by atoms with Gasteiger partial charge in [0.2, 0.25) is 0 Å². The lowest BCUT2D eigenvalue weighted by atomic mass is 10.2. The summed E-state index contributed by atoms with van der Waals surface area (Å²) in [6.07, 6.45) is -4.82. The number of rotatable bonds is 3. The monoisotopic (exact) mass is 252 g/mol. The molecular formula is C5H8F3I. The zero-order chi connectivity index (χ0) is 7.44. The predicted molar refractivity (Wildman–Crippen MR) is 39.0 cm³/mol. The van der Waals surface area contributed by atoms with Gasteiger partial charge in [-0.2, -0.15) is 0 Å². The van der Waals surface area contributed by atoms with E-state index in [1.54, 1.807) is 6.92 Å². The molecule has 0 aliphatic rings. The van der Waals surface area contributed by atoms with Gasteiger partial charge in [0.25, 0.3) is 6.43 Å². The van der Waals surface area contributed by atoms with E-state index in [1.807, 2.05) is 22.6 Å². The van der Waals surface area contributed by atoms with Crippen molar-refractivity contribution < 1.29 is 13.2 Å². The Labute approximate surface area is 66.0 Å². The highest BCUT2D eigenvalue weighted by atomic mass is 127. The van der Waals surface area contributed by atoms with Crippen molar-refractivity contribution >= 4 is 22.6 Å². The van der Waals surface area contributed by atoms with Gasteiger partial charge in [0.1, 0.15) is 0 Å². The lowest BCUT2D eigenvalue weighted by Gasteiger charge is -2.06. The minimum atomic E-state index is -2.82. The van der Waals surface area contributed by atoms with Gasteiger partial charge < -0.3 is 0 Å². The van der Waals surface area contributed by atoms with E-state index >= 15 is 0 Å². The van der Waals surface area contributed by atoms with E-state index in [4.69, 9.17) is 0 Å². The maximum atomic E-state index is 12.0. The first-order valence-corrected chi connectivity index (χ1v) is 3.85. The van der Waals surface area contributed by atoms with Crippen LogP contribution in [-0.4, -0.2) is 16.5 Å². The molecule has 0 aromatic carbocycles. The average molecular weight is 252 g/mol. The molecule has 0 spiro atoms. The Hall–Kier alpha value is 0.520. The van der Waals surface area contributed by atoms with Gasteiger partial charge in [-0.25, -0.2) is 13.2 Å². The molecule has 0 fully saturated rings. The minimum Gasteiger partial charge on any atom is -0.241 e. The Morgan fingerprint density at radius 2 is 1.78 bits per heavy atom. The predicted octanol–water partition coefficient (Wildman–Crippen LogP) is 2.80. The van der Waals surface area contributed by atoms with Gasteiger partial charge in [-0.1, -0.05) is 29.5 Å². The zero-order valence-corrected chi connectivity index (χ0v) is 7.11. The van der Waals surface area contributed by atoms with Crippen LogP contribution in [-0.2, 0) is 0 Å². The Bertz CT molecular complexity index is 74.6. The van der Waals surface area contributed by atoms with Gasteiger partial charge in [-0.15, -0.1) is 0 Å². The lowest BCUT2D eigenvalue weighted by molar-refractivity contribution is 0.0464. The third-order valence-corrected chi connectivity index (χ3v) is 1.33. The number of halogens is 4. The lowest BCUT2D eigenvalue weighted by Crippen LogP contribution is -2.15. The first-order chi connectivity index (χ1) is 4.04. The van der Waals surface area contributed by atoms with Crippen LogP contribution in [0.3, 0.4) is 0 Å². The van der Waals surface area contributed by atoms with Crippen LogP contribution < -0.4 is 0 Å². The normalized spacial score (nSPS) is 18.0. The van der Waals surface area contributed by atoms with Crippen molar-refractivity contribution in [3.8, 4) is 0 Å². The molecule has 0 N–H and O–H groups in total. The molecule has 0 saturated heterocycles. The van der Waals surface area contributed by atoms with Crippen molar-refractivity contribution in [3.05, 3.63) is 0 Å². The van der Waals surface area contributed by atoms with Crippen LogP contribution in [0, 0.1) is 0 Å². The van der Waals surface area contributed by atoms with Crippen molar-refractivity contribution in [1.29, 1.82) is 0 Å². The third kappa shape index (κ3) is 4.99. The maximum absolute atomic E-state index is 12.0. The molecule has 2 unspecified atom stereocenters. The highest BCUT2D eigenvalue weighted by molar-refractivity contribution is 14.1. The minimum absolute atomic E-state index is 0.0217. The second kappa shape index (κ2) is 4.35. The number of hydrogen-bond donors (Lipinski definition) is 0. The van der Waals surface area contributed by atoms with Crippen LogP contribution in [0.15, 0.2) is 0 Å². The van der Waals surface area contributed by atoms with E-state index < -0.39 is 12.6 Å². The largest absolute Gasteiger partial charge is 0.269 e. The average Bonchev–Trinajstić information content (AvgIpc) is 1.63. The molecule has 9 heavy (non-hydrogen) atoms. The molecule has 0 radical (unpaired) electrons. The molecule has 0 nitrogen and oxygen atoms in total. The summed E-state index contributed by atoms with van der Waals surface area (Å²) < 4.78 is 34.8. The zero-order valence-electron chi connectivity index (χ0n) is 4.95. The van der Waals surface area contributed by atoms with E-state index in [9.17, 15) is 13.2 Å². The van der Waals surface area contributed by atoms with Crippen molar-refractivity contribution in [2.75, 3.05) is 0 Å². The van der Waals surface area contributed by atoms with Gasteiger partial charge in [-0.3, -0.25) is 0 Å². The summed E-state index contributed by atoms with van der Waals surface area (Å²) in [6, 6.07) is 0. The number of alkyl halides is 4. The fourth-order valence-electron chi connectivity index (χ4n) is 0.413. The molecule has 0 heterocycles.